The SMILES string of the molecule is COCCN(CC(=O)O)C(=O)c1cccn1C. The van der Waals surface area contributed by atoms with Gasteiger partial charge in [-0.2, -0.15) is 0 Å². The van der Waals surface area contributed by atoms with Crippen molar-refractivity contribution in [1.82, 2.24) is 9.47 Å². The predicted molar refractivity (Wildman–Crippen MR) is 60.8 cm³/mol. The minimum atomic E-state index is -1.04. The van der Waals surface area contributed by atoms with E-state index in [2.05, 4.69) is 0 Å². The number of rotatable bonds is 6. The molecule has 0 saturated carbocycles. The van der Waals surface area contributed by atoms with Gasteiger partial charge in [0.15, 0.2) is 0 Å². The molecule has 1 amide bonds. The first-order valence-electron chi connectivity index (χ1n) is 5.17. The number of aryl methyl sites for hydroxylation is 1. The first kappa shape index (κ1) is 13.2. The van der Waals surface area contributed by atoms with Gasteiger partial charge in [-0.15, -0.1) is 0 Å². The van der Waals surface area contributed by atoms with Gasteiger partial charge in [-0.05, 0) is 12.1 Å². The number of ether oxygens (including phenoxy) is 1. The Labute approximate surface area is 99.4 Å². The molecule has 0 spiro atoms. The number of aromatic nitrogens is 1. The largest absolute Gasteiger partial charge is 0.480 e. The quantitative estimate of drug-likeness (QED) is 0.771. The summed E-state index contributed by atoms with van der Waals surface area (Å²) in [7, 11) is 3.24. The summed E-state index contributed by atoms with van der Waals surface area (Å²) >= 11 is 0. The highest BCUT2D eigenvalue weighted by atomic mass is 16.5. The van der Waals surface area contributed by atoms with Crippen molar-refractivity contribution in [1.29, 1.82) is 0 Å². The number of carbonyl (C=O) groups excluding carboxylic acids is 1. The van der Waals surface area contributed by atoms with Crippen LogP contribution < -0.4 is 0 Å². The molecular weight excluding hydrogens is 224 g/mol. The Kier molecular flexibility index (Phi) is 4.71. The van der Waals surface area contributed by atoms with Crippen LogP contribution in [0.25, 0.3) is 0 Å². The first-order chi connectivity index (χ1) is 8.06. The number of carboxylic acid groups (broad SMARTS) is 1. The number of nitrogens with zero attached hydrogens (tertiary/aromatic N) is 2. The van der Waals surface area contributed by atoms with E-state index in [1.807, 2.05) is 0 Å². The number of carbonyl (C=O) groups is 2. The first-order valence-corrected chi connectivity index (χ1v) is 5.17. The van der Waals surface area contributed by atoms with Crippen LogP contribution in [0.4, 0.5) is 0 Å². The topological polar surface area (TPSA) is 71.8 Å². The van der Waals surface area contributed by atoms with E-state index in [1.165, 1.54) is 12.0 Å². The van der Waals surface area contributed by atoms with Crippen molar-refractivity contribution in [2.75, 3.05) is 26.8 Å². The molecule has 0 fully saturated rings. The fourth-order valence-corrected chi connectivity index (χ4v) is 1.46. The summed E-state index contributed by atoms with van der Waals surface area (Å²) in [4.78, 5) is 24.0. The van der Waals surface area contributed by atoms with Crippen LogP contribution in [0.1, 0.15) is 10.5 Å². The third-order valence-corrected chi connectivity index (χ3v) is 2.34. The second-order valence-corrected chi connectivity index (χ2v) is 3.62. The third-order valence-electron chi connectivity index (χ3n) is 2.34. The van der Waals surface area contributed by atoms with Crippen molar-refractivity contribution in [3.63, 3.8) is 0 Å². The number of amides is 1. The van der Waals surface area contributed by atoms with Gasteiger partial charge in [-0.25, -0.2) is 0 Å². The van der Waals surface area contributed by atoms with Crippen LogP contribution in [-0.4, -0.2) is 53.3 Å². The molecule has 6 nitrogen and oxygen atoms in total. The number of methoxy groups -OCH3 is 1. The standard InChI is InChI=1S/C11H16N2O4/c1-12-5-3-4-9(12)11(16)13(6-7-17-2)8-10(14)15/h3-5H,6-8H2,1-2H3,(H,14,15). The summed E-state index contributed by atoms with van der Waals surface area (Å²) in [5, 5.41) is 8.76. The normalized spacial score (nSPS) is 10.2. The summed E-state index contributed by atoms with van der Waals surface area (Å²) in [6, 6.07) is 3.40. The van der Waals surface area contributed by atoms with Crippen LogP contribution in [0.2, 0.25) is 0 Å². The zero-order chi connectivity index (χ0) is 12.8. The molecule has 1 rings (SSSR count). The van der Waals surface area contributed by atoms with Crippen LogP contribution in [0.5, 0.6) is 0 Å². The monoisotopic (exact) mass is 240 g/mol. The Bertz CT molecular complexity index is 400. The number of aliphatic carboxylic acids is 1. The minimum absolute atomic E-state index is 0.257. The van der Waals surface area contributed by atoms with E-state index < -0.39 is 5.97 Å². The molecule has 1 heterocycles. The molecule has 1 aromatic rings. The molecule has 0 aromatic carbocycles. The lowest BCUT2D eigenvalue weighted by molar-refractivity contribution is -0.137. The third kappa shape index (κ3) is 3.60. The van der Waals surface area contributed by atoms with E-state index in [0.29, 0.717) is 12.3 Å². The van der Waals surface area contributed by atoms with Gasteiger partial charge in [0.1, 0.15) is 12.2 Å². The Hall–Kier alpha value is -1.82. The molecule has 0 aliphatic carbocycles. The van der Waals surface area contributed by atoms with E-state index in [4.69, 9.17) is 9.84 Å². The van der Waals surface area contributed by atoms with Crippen molar-refractivity contribution in [3.05, 3.63) is 24.0 Å². The summed E-state index contributed by atoms with van der Waals surface area (Å²) in [6.45, 7) is 0.240. The summed E-state index contributed by atoms with van der Waals surface area (Å²) in [5.41, 5.74) is 0.461. The van der Waals surface area contributed by atoms with E-state index in [0.717, 1.165) is 0 Å². The lowest BCUT2D eigenvalue weighted by Gasteiger charge is -2.20. The van der Waals surface area contributed by atoms with Crippen LogP contribution in [-0.2, 0) is 16.6 Å². The van der Waals surface area contributed by atoms with Gasteiger partial charge < -0.3 is 19.3 Å². The van der Waals surface area contributed by atoms with E-state index >= 15 is 0 Å². The number of carboxylic acids is 1. The Morgan fingerprint density at radius 3 is 2.71 bits per heavy atom. The second-order valence-electron chi connectivity index (χ2n) is 3.62. The van der Waals surface area contributed by atoms with Gasteiger partial charge >= 0.3 is 5.97 Å². The van der Waals surface area contributed by atoms with E-state index in [1.54, 1.807) is 29.9 Å². The highest BCUT2D eigenvalue weighted by Gasteiger charge is 2.19. The van der Waals surface area contributed by atoms with E-state index in [9.17, 15) is 9.59 Å². The molecule has 0 saturated heterocycles. The van der Waals surface area contributed by atoms with Gasteiger partial charge in [0.2, 0.25) is 0 Å². The number of hydrogen-bond acceptors (Lipinski definition) is 3. The molecule has 1 aromatic heterocycles. The molecule has 6 heteroatoms. The van der Waals surface area contributed by atoms with Crippen LogP contribution in [0.3, 0.4) is 0 Å². The fraction of sp³-hybridized carbons (Fsp3) is 0.455. The molecule has 0 aliphatic heterocycles. The smallest absolute Gasteiger partial charge is 0.323 e. The zero-order valence-corrected chi connectivity index (χ0v) is 9.92. The Balaban J connectivity index is 2.78. The van der Waals surface area contributed by atoms with Gasteiger partial charge in [0, 0.05) is 26.9 Å². The molecule has 0 bridgehead atoms. The van der Waals surface area contributed by atoms with Crippen molar-refractivity contribution < 1.29 is 19.4 Å². The molecule has 0 unspecified atom stereocenters. The average Bonchev–Trinajstić information content (AvgIpc) is 2.69. The maximum absolute atomic E-state index is 12.1. The van der Waals surface area contributed by atoms with Crippen LogP contribution in [0, 0.1) is 0 Å². The minimum Gasteiger partial charge on any atom is -0.480 e. The Morgan fingerprint density at radius 1 is 1.53 bits per heavy atom. The van der Waals surface area contributed by atoms with Crippen LogP contribution in [0.15, 0.2) is 18.3 Å². The molecule has 0 atom stereocenters. The molecule has 0 aliphatic rings. The van der Waals surface area contributed by atoms with Crippen molar-refractivity contribution >= 4 is 11.9 Å². The maximum atomic E-state index is 12.1. The van der Waals surface area contributed by atoms with Crippen molar-refractivity contribution in [3.8, 4) is 0 Å². The summed E-state index contributed by atoms with van der Waals surface area (Å²) in [5.74, 6) is -1.35. The number of hydrogen-bond donors (Lipinski definition) is 1. The second kappa shape index (κ2) is 6.05. The maximum Gasteiger partial charge on any atom is 0.323 e. The highest BCUT2D eigenvalue weighted by Crippen LogP contribution is 2.05. The van der Waals surface area contributed by atoms with Gasteiger partial charge in [0.25, 0.3) is 5.91 Å². The molecule has 94 valence electrons. The zero-order valence-electron chi connectivity index (χ0n) is 9.92. The lowest BCUT2D eigenvalue weighted by atomic mass is 10.3. The van der Waals surface area contributed by atoms with Gasteiger partial charge in [0.05, 0.1) is 6.61 Å². The highest BCUT2D eigenvalue weighted by molar-refractivity contribution is 5.94. The summed E-state index contributed by atoms with van der Waals surface area (Å²) < 4.78 is 6.51. The van der Waals surface area contributed by atoms with Crippen molar-refractivity contribution in [2.45, 2.75) is 0 Å². The fourth-order valence-electron chi connectivity index (χ4n) is 1.46. The van der Waals surface area contributed by atoms with E-state index in [-0.39, 0.29) is 19.0 Å². The molecular formula is C11H16N2O4. The molecule has 1 N–H and O–H groups in total. The average molecular weight is 240 g/mol. The lowest BCUT2D eigenvalue weighted by Crippen LogP contribution is -2.38. The molecule has 17 heavy (non-hydrogen) atoms. The molecule has 0 radical (unpaired) electrons. The van der Waals surface area contributed by atoms with Gasteiger partial charge in [-0.1, -0.05) is 0 Å². The van der Waals surface area contributed by atoms with Gasteiger partial charge in [-0.3, -0.25) is 9.59 Å². The van der Waals surface area contributed by atoms with Crippen LogP contribution >= 0.6 is 0 Å². The summed E-state index contributed by atoms with van der Waals surface area (Å²) in [6.07, 6.45) is 1.74. The predicted octanol–water partition coefficient (Wildman–Crippen LogP) is 0.198. The van der Waals surface area contributed by atoms with Crippen molar-refractivity contribution in [2.24, 2.45) is 7.05 Å². The Morgan fingerprint density at radius 2 is 2.24 bits per heavy atom.